The van der Waals surface area contributed by atoms with Gasteiger partial charge in [0, 0.05) is 25.5 Å². The molecule has 1 saturated heterocycles. The Bertz CT molecular complexity index is 559. The molecular formula is C13H19N3O3S. The van der Waals surface area contributed by atoms with Crippen molar-refractivity contribution in [2.75, 3.05) is 18.8 Å². The first-order chi connectivity index (χ1) is 9.54. The van der Waals surface area contributed by atoms with Crippen LogP contribution in [0.3, 0.4) is 0 Å². The first-order valence-electron chi connectivity index (χ1n) is 6.70. The highest BCUT2D eigenvalue weighted by atomic mass is 32.2. The Morgan fingerprint density at radius 3 is 2.75 bits per heavy atom. The Labute approximate surface area is 119 Å². The van der Waals surface area contributed by atoms with Crippen molar-refractivity contribution in [2.24, 2.45) is 0 Å². The maximum absolute atomic E-state index is 12.4. The van der Waals surface area contributed by atoms with Gasteiger partial charge in [-0.2, -0.15) is 4.31 Å². The molecule has 1 amide bonds. The van der Waals surface area contributed by atoms with Gasteiger partial charge in [-0.25, -0.2) is 8.42 Å². The van der Waals surface area contributed by atoms with Gasteiger partial charge in [-0.1, -0.05) is 6.92 Å². The fraction of sp³-hybridized carbons (Fsp3) is 0.538. The van der Waals surface area contributed by atoms with E-state index in [0.717, 1.165) is 5.56 Å². The molecule has 20 heavy (non-hydrogen) atoms. The van der Waals surface area contributed by atoms with Gasteiger partial charge in [0.15, 0.2) is 0 Å². The van der Waals surface area contributed by atoms with Crippen LogP contribution in [0.5, 0.6) is 0 Å². The second kappa shape index (κ2) is 6.32. The third-order valence-corrected chi connectivity index (χ3v) is 5.30. The largest absolute Gasteiger partial charge is 0.353 e. The Morgan fingerprint density at radius 1 is 1.40 bits per heavy atom. The molecule has 0 aromatic carbocycles. The molecule has 1 fully saturated rings. The number of pyridine rings is 1. The Morgan fingerprint density at radius 2 is 2.10 bits per heavy atom. The van der Waals surface area contributed by atoms with Crippen LogP contribution in [-0.4, -0.2) is 48.5 Å². The zero-order chi connectivity index (χ0) is 14.6. The summed E-state index contributed by atoms with van der Waals surface area (Å²) in [7, 11) is -3.42. The normalized spacial score (nSPS) is 20.6. The predicted molar refractivity (Wildman–Crippen MR) is 75.5 cm³/mol. The van der Waals surface area contributed by atoms with Crippen LogP contribution in [0.2, 0.25) is 0 Å². The van der Waals surface area contributed by atoms with Gasteiger partial charge in [0.2, 0.25) is 15.9 Å². The van der Waals surface area contributed by atoms with Crippen molar-refractivity contribution in [3.63, 3.8) is 0 Å². The first-order valence-corrected chi connectivity index (χ1v) is 8.31. The van der Waals surface area contributed by atoms with Crippen molar-refractivity contribution >= 4 is 15.9 Å². The minimum absolute atomic E-state index is 0.0147. The van der Waals surface area contributed by atoms with E-state index < -0.39 is 16.1 Å². The Kier molecular flexibility index (Phi) is 4.72. The smallest absolute Gasteiger partial charge is 0.238 e. The summed E-state index contributed by atoms with van der Waals surface area (Å²) in [5.74, 6) is -0.188. The summed E-state index contributed by atoms with van der Waals surface area (Å²) in [5, 5.41) is 2.71. The maximum atomic E-state index is 12.4. The van der Waals surface area contributed by atoms with Crippen LogP contribution < -0.4 is 5.32 Å². The average Bonchev–Trinajstić information content (AvgIpc) is 2.46. The predicted octanol–water partition coefficient (Wildman–Crippen LogP) is 0.164. The van der Waals surface area contributed by atoms with Crippen LogP contribution in [0.15, 0.2) is 24.5 Å². The quantitative estimate of drug-likeness (QED) is 0.840. The van der Waals surface area contributed by atoms with E-state index in [1.165, 1.54) is 4.31 Å². The number of nitrogens with zero attached hydrogens (tertiary/aromatic N) is 2. The molecule has 1 N–H and O–H groups in total. The summed E-state index contributed by atoms with van der Waals surface area (Å²) >= 11 is 0. The number of hydrogen-bond donors (Lipinski definition) is 1. The van der Waals surface area contributed by atoms with Crippen LogP contribution in [0, 0.1) is 0 Å². The lowest BCUT2D eigenvalue weighted by atomic mass is 10.2. The first kappa shape index (κ1) is 14.9. The van der Waals surface area contributed by atoms with E-state index in [1.54, 1.807) is 24.5 Å². The molecule has 1 aromatic rings. The summed E-state index contributed by atoms with van der Waals surface area (Å²) < 4.78 is 26.1. The lowest BCUT2D eigenvalue weighted by Gasteiger charge is -2.33. The summed E-state index contributed by atoms with van der Waals surface area (Å²) in [6.07, 6.45) is 4.20. The fourth-order valence-corrected chi connectivity index (χ4v) is 4.06. The Balaban J connectivity index is 2.07. The van der Waals surface area contributed by atoms with Gasteiger partial charge in [0.25, 0.3) is 0 Å². The summed E-state index contributed by atoms with van der Waals surface area (Å²) in [6.45, 7) is 2.55. The van der Waals surface area contributed by atoms with Gasteiger partial charge < -0.3 is 5.32 Å². The topological polar surface area (TPSA) is 79.4 Å². The molecule has 2 heterocycles. The number of piperazine rings is 1. The van der Waals surface area contributed by atoms with E-state index in [-0.39, 0.29) is 11.7 Å². The highest BCUT2D eigenvalue weighted by Gasteiger charge is 2.35. The molecule has 6 nitrogen and oxygen atoms in total. The molecule has 0 aliphatic carbocycles. The third kappa shape index (κ3) is 3.34. The van der Waals surface area contributed by atoms with E-state index in [0.29, 0.717) is 25.9 Å². The minimum atomic E-state index is -3.42. The highest BCUT2D eigenvalue weighted by molar-refractivity contribution is 7.89. The number of aryl methyl sites for hydroxylation is 1. The number of aromatic nitrogens is 1. The molecule has 1 aliphatic rings. The molecule has 0 spiro atoms. The van der Waals surface area contributed by atoms with E-state index in [1.807, 2.05) is 6.92 Å². The van der Waals surface area contributed by atoms with Crippen LogP contribution in [0.1, 0.15) is 18.9 Å². The second-order valence-electron chi connectivity index (χ2n) is 4.75. The van der Waals surface area contributed by atoms with Crippen molar-refractivity contribution < 1.29 is 13.2 Å². The second-order valence-corrected chi connectivity index (χ2v) is 6.79. The molecule has 7 heteroatoms. The van der Waals surface area contributed by atoms with Crippen molar-refractivity contribution in [2.45, 2.75) is 25.8 Å². The van der Waals surface area contributed by atoms with Crippen LogP contribution in [0.4, 0.5) is 0 Å². The zero-order valence-electron chi connectivity index (χ0n) is 11.4. The molecule has 2 rings (SSSR count). The lowest BCUT2D eigenvalue weighted by Crippen LogP contribution is -2.57. The van der Waals surface area contributed by atoms with Gasteiger partial charge in [0.05, 0.1) is 5.75 Å². The summed E-state index contributed by atoms with van der Waals surface area (Å²) in [4.78, 5) is 15.6. The number of carbonyl (C=O) groups excluding carboxylic acids is 1. The van der Waals surface area contributed by atoms with Gasteiger partial charge in [-0.05, 0) is 30.5 Å². The third-order valence-electron chi connectivity index (χ3n) is 3.42. The molecule has 110 valence electrons. The van der Waals surface area contributed by atoms with Crippen molar-refractivity contribution in [1.29, 1.82) is 0 Å². The van der Waals surface area contributed by atoms with Gasteiger partial charge in [-0.15, -0.1) is 0 Å². The summed E-state index contributed by atoms with van der Waals surface area (Å²) in [6, 6.07) is 3.03. The van der Waals surface area contributed by atoms with Crippen molar-refractivity contribution in [3.8, 4) is 0 Å². The highest BCUT2D eigenvalue weighted by Crippen LogP contribution is 2.15. The van der Waals surface area contributed by atoms with Crippen LogP contribution in [-0.2, 0) is 21.2 Å². The van der Waals surface area contributed by atoms with E-state index >= 15 is 0 Å². The molecule has 1 aliphatic heterocycles. The summed E-state index contributed by atoms with van der Waals surface area (Å²) in [5.41, 5.74) is 0.929. The SMILES string of the molecule is CCC1C(=O)NCCN1S(=O)(=O)CCc1ccncc1. The average molecular weight is 297 g/mol. The standard InChI is InChI=1S/C13H19N3O3S/c1-2-12-13(17)15-8-9-16(12)20(18,19)10-5-11-3-6-14-7-4-11/h3-4,6-7,12H,2,5,8-10H2,1H3,(H,15,17). The maximum Gasteiger partial charge on any atom is 0.238 e. The molecular weight excluding hydrogens is 278 g/mol. The molecule has 1 unspecified atom stereocenters. The number of rotatable bonds is 5. The van der Waals surface area contributed by atoms with Gasteiger partial charge in [0.1, 0.15) is 6.04 Å². The lowest BCUT2D eigenvalue weighted by molar-refractivity contribution is -0.126. The fourth-order valence-electron chi connectivity index (χ4n) is 2.33. The molecule has 1 aromatic heterocycles. The minimum Gasteiger partial charge on any atom is -0.353 e. The van der Waals surface area contributed by atoms with Crippen LogP contribution in [0.25, 0.3) is 0 Å². The molecule has 0 bridgehead atoms. The molecule has 0 radical (unpaired) electrons. The van der Waals surface area contributed by atoms with Crippen molar-refractivity contribution in [1.82, 2.24) is 14.6 Å². The number of nitrogens with one attached hydrogen (secondary N) is 1. The number of hydrogen-bond acceptors (Lipinski definition) is 4. The molecule has 1 atom stereocenters. The monoisotopic (exact) mass is 297 g/mol. The number of carbonyl (C=O) groups is 1. The van der Waals surface area contributed by atoms with Gasteiger partial charge in [-0.3, -0.25) is 9.78 Å². The van der Waals surface area contributed by atoms with E-state index in [9.17, 15) is 13.2 Å². The van der Waals surface area contributed by atoms with Gasteiger partial charge >= 0.3 is 0 Å². The number of sulfonamides is 1. The zero-order valence-corrected chi connectivity index (χ0v) is 12.3. The van der Waals surface area contributed by atoms with E-state index in [4.69, 9.17) is 0 Å². The van der Waals surface area contributed by atoms with Crippen molar-refractivity contribution in [3.05, 3.63) is 30.1 Å². The molecule has 0 saturated carbocycles. The Hall–Kier alpha value is -1.47. The number of amides is 1. The van der Waals surface area contributed by atoms with Crippen LogP contribution >= 0.6 is 0 Å². The van der Waals surface area contributed by atoms with E-state index in [2.05, 4.69) is 10.3 Å².